The standard InChI is InChI=1S/C32H31NO4/c1-24-22-30(16-17-31(24)36-25(2)34)37-29-15-9-14-28(23-29)32(35)33(20-18-26-10-5-3-6-11-26)21-19-27-12-7-4-8-13-27/h3-17,22-23H,18-21H2,1-2H3. The molecule has 0 aliphatic heterocycles. The van der Waals surface area contributed by atoms with Crippen LogP contribution < -0.4 is 9.47 Å². The van der Waals surface area contributed by atoms with Crippen LogP contribution in [0.3, 0.4) is 0 Å². The molecular formula is C32H31NO4. The SMILES string of the molecule is CC(=O)Oc1ccc(Oc2cccc(C(=O)N(CCc3ccccc3)CCc3ccccc3)c2)cc1C. The van der Waals surface area contributed by atoms with E-state index in [9.17, 15) is 9.59 Å². The lowest BCUT2D eigenvalue weighted by molar-refractivity contribution is -0.131. The van der Waals surface area contributed by atoms with E-state index >= 15 is 0 Å². The lowest BCUT2D eigenvalue weighted by Crippen LogP contribution is -2.34. The van der Waals surface area contributed by atoms with Gasteiger partial charge in [0.25, 0.3) is 5.91 Å². The first-order chi connectivity index (χ1) is 18.0. The highest BCUT2D eigenvalue weighted by molar-refractivity contribution is 5.94. The van der Waals surface area contributed by atoms with Crippen LogP contribution in [0, 0.1) is 6.92 Å². The van der Waals surface area contributed by atoms with Gasteiger partial charge in [-0.15, -0.1) is 0 Å². The molecule has 0 fully saturated rings. The number of nitrogens with zero attached hydrogens (tertiary/aromatic N) is 1. The van der Waals surface area contributed by atoms with Crippen LogP contribution in [-0.2, 0) is 17.6 Å². The third-order valence-electron chi connectivity index (χ3n) is 6.03. The Morgan fingerprint density at radius 3 is 1.86 bits per heavy atom. The zero-order chi connectivity index (χ0) is 26.0. The number of ether oxygens (including phenoxy) is 2. The zero-order valence-corrected chi connectivity index (χ0v) is 21.2. The molecule has 0 bridgehead atoms. The van der Waals surface area contributed by atoms with E-state index in [1.807, 2.05) is 66.4 Å². The molecule has 188 valence electrons. The Hall–Kier alpha value is -4.38. The van der Waals surface area contributed by atoms with Gasteiger partial charge in [0.1, 0.15) is 17.2 Å². The summed E-state index contributed by atoms with van der Waals surface area (Å²) in [4.78, 5) is 26.8. The van der Waals surface area contributed by atoms with Crippen LogP contribution in [0.5, 0.6) is 17.2 Å². The molecule has 5 nitrogen and oxygen atoms in total. The predicted octanol–water partition coefficient (Wildman–Crippen LogP) is 6.64. The van der Waals surface area contributed by atoms with E-state index in [-0.39, 0.29) is 11.9 Å². The first kappa shape index (κ1) is 25.7. The van der Waals surface area contributed by atoms with Gasteiger partial charge in [-0.1, -0.05) is 66.7 Å². The maximum Gasteiger partial charge on any atom is 0.308 e. The normalized spacial score (nSPS) is 10.5. The summed E-state index contributed by atoms with van der Waals surface area (Å²) in [5, 5.41) is 0. The van der Waals surface area contributed by atoms with Crippen molar-refractivity contribution < 1.29 is 19.1 Å². The topological polar surface area (TPSA) is 55.8 Å². The molecule has 4 aromatic rings. The molecule has 0 N–H and O–H groups in total. The second-order valence-electron chi connectivity index (χ2n) is 8.91. The maximum absolute atomic E-state index is 13.6. The van der Waals surface area contributed by atoms with E-state index in [0.717, 1.165) is 18.4 Å². The second-order valence-corrected chi connectivity index (χ2v) is 8.91. The highest BCUT2D eigenvalue weighted by Crippen LogP contribution is 2.28. The first-order valence-corrected chi connectivity index (χ1v) is 12.4. The summed E-state index contributed by atoms with van der Waals surface area (Å²) in [6.45, 7) is 4.47. The second kappa shape index (κ2) is 12.5. The fourth-order valence-electron chi connectivity index (χ4n) is 4.10. The number of amides is 1. The summed E-state index contributed by atoms with van der Waals surface area (Å²) in [5.74, 6) is 1.27. The third kappa shape index (κ3) is 7.55. The van der Waals surface area contributed by atoms with Crippen LogP contribution in [0.2, 0.25) is 0 Å². The average molecular weight is 494 g/mol. The van der Waals surface area contributed by atoms with Crippen molar-refractivity contribution in [3.05, 3.63) is 125 Å². The summed E-state index contributed by atoms with van der Waals surface area (Å²) in [5.41, 5.74) is 3.76. The highest BCUT2D eigenvalue weighted by Gasteiger charge is 2.17. The fourth-order valence-corrected chi connectivity index (χ4v) is 4.10. The lowest BCUT2D eigenvalue weighted by Gasteiger charge is -2.23. The molecule has 0 spiro atoms. The molecule has 0 heterocycles. The van der Waals surface area contributed by atoms with E-state index in [4.69, 9.17) is 9.47 Å². The highest BCUT2D eigenvalue weighted by atomic mass is 16.5. The molecule has 0 aromatic heterocycles. The number of carbonyl (C=O) groups is 2. The van der Waals surface area contributed by atoms with E-state index in [0.29, 0.717) is 35.9 Å². The Labute approximate surface area is 218 Å². The minimum absolute atomic E-state index is 0.0290. The molecule has 37 heavy (non-hydrogen) atoms. The van der Waals surface area contributed by atoms with Crippen LogP contribution in [0.4, 0.5) is 0 Å². The number of benzene rings is 4. The zero-order valence-electron chi connectivity index (χ0n) is 21.2. The van der Waals surface area contributed by atoms with Crippen LogP contribution in [0.15, 0.2) is 103 Å². The largest absolute Gasteiger partial charge is 0.457 e. The Bertz CT molecular complexity index is 1290. The average Bonchev–Trinajstić information content (AvgIpc) is 2.91. The van der Waals surface area contributed by atoms with Gasteiger partial charge < -0.3 is 14.4 Å². The molecule has 0 atom stereocenters. The van der Waals surface area contributed by atoms with Gasteiger partial charge in [0.15, 0.2) is 0 Å². The smallest absolute Gasteiger partial charge is 0.308 e. The number of carbonyl (C=O) groups excluding carboxylic acids is 2. The summed E-state index contributed by atoms with van der Waals surface area (Å²) >= 11 is 0. The van der Waals surface area contributed by atoms with E-state index in [2.05, 4.69) is 24.3 Å². The minimum Gasteiger partial charge on any atom is -0.457 e. The quantitative estimate of drug-likeness (QED) is 0.184. The van der Waals surface area contributed by atoms with E-state index in [1.54, 1.807) is 24.3 Å². The van der Waals surface area contributed by atoms with Gasteiger partial charge in [0.2, 0.25) is 0 Å². The molecule has 0 saturated heterocycles. The molecular weight excluding hydrogens is 462 g/mol. The molecule has 0 unspecified atom stereocenters. The van der Waals surface area contributed by atoms with Gasteiger partial charge in [-0.05, 0) is 72.9 Å². The fraction of sp³-hybridized carbons (Fsp3) is 0.188. The van der Waals surface area contributed by atoms with Gasteiger partial charge in [0, 0.05) is 25.6 Å². The van der Waals surface area contributed by atoms with Crippen LogP contribution in [0.1, 0.15) is 34.0 Å². The van der Waals surface area contributed by atoms with Crippen molar-refractivity contribution in [2.24, 2.45) is 0 Å². The van der Waals surface area contributed by atoms with E-state index < -0.39 is 0 Å². The van der Waals surface area contributed by atoms with Gasteiger partial charge in [-0.2, -0.15) is 0 Å². The maximum atomic E-state index is 13.6. The van der Waals surface area contributed by atoms with Crippen molar-refractivity contribution in [3.63, 3.8) is 0 Å². The summed E-state index contributed by atoms with van der Waals surface area (Å²) in [7, 11) is 0. The van der Waals surface area contributed by atoms with Crippen molar-refractivity contribution in [1.29, 1.82) is 0 Å². The van der Waals surface area contributed by atoms with Crippen molar-refractivity contribution in [2.75, 3.05) is 13.1 Å². The Balaban J connectivity index is 1.49. The van der Waals surface area contributed by atoms with Crippen LogP contribution in [0.25, 0.3) is 0 Å². The van der Waals surface area contributed by atoms with Gasteiger partial charge in [-0.25, -0.2) is 0 Å². The van der Waals surface area contributed by atoms with E-state index in [1.165, 1.54) is 18.1 Å². The lowest BCUT2D eigenvalue weighted by atomic mass is 10.1. The molecule has 0 aliphatic rings. The molecule has 5 heteroatoms. The number of esters is 1. The first-order valence-electron chi connectivity index (χ1n) is 12.4. The Morgan fingerprint density at radius 2 is 1.30 bits per heavy atom. The van der Waals surface area contributed by atoms with Gasteiger partial charge >= 0.3 is 5.97 Å². The molecule has 4 aromatic carbocycles. The Morgan fingerprint density at radius 1 is 0.703 bits per heavy atom. The van der Waals surface area contributed by atoms with Crippen molar-refractivity contribution in [2.45, 2.75) is 26.7 Å². The van der Waals surface area contributed by atoms with Crippen molar-refractivity contribution in [1.82, 2.24) is 4.90 Å². The Kier molecular flexibility index (Phi) is 8.71. The van der Waals surface area contributed by atoms with Gasteiger partial charge in [0.05, 0.1) is 0 Å². The summed E-state index contributed by atoms with van der Waals surface area (Å²) in [6, 6.07) is 32.9. The van der Waals surface area contributed by atoms with Crippen LogP contribution in [-0.4, -0.2) is 29.9 Å². The van der Waals surface area contributed by atoms with Crippen LogP contribution >= 0.6 is 0 Å². The monoisotopic (exact) mass is 493 g/mol. The number of hydrogen-bond acceptors (Lipinski definition) is 4. The molecule has 0 radical (unpaired) electrons. The number of hydrogen-bond donors (Lipinski definition) is 0. The third-order valence-corrected chi connectivity index (χ3v) is 6.03. The molecule has 0 aliphatic carbocycles. The predicted molar refractivity (Wildman–Crippen MR) is 145 cm³/mol. The molecule has 4 rings (SSSR count). The molecule has 0 saturated carbocycles. The minimum atomic E-state index is -0.368. The molecule has 1 amide bonds. The number of rotatable bonds is 10. The van der Waals surface area contributed by atoms with Crippen molar-refractivity contribution >= 4 is 11.9 Å². The van der Waals surface area contributed by atoms with Crippen molar-refractivity contribution in [3.8, 4) is 17.2 Å². The summed E-state index contributed by atoms with van der Waals surface area (Å²) in [6.07, 6.45) is 1.57. The summed E-state index contributed by atoms with van der Waals surface area (Å²) < 4.78 is 11.2. The van der Waals surface area contributed by atoms with Gasteiger partial charge in [-0.3, -0.25) is 9.59 Å². The number of aryl methyl sites for hydroxylation is 1.